The number of rotatable bonds is 5. The predicted molar refractivity (Wildman–Crippen MR) is 120 cm³/mol. The van der Waals surface area contributed by atoms with Gasteiger partial charge in [-0.1, -0.05) is 18.2 Å². The molecule has 176 valence electrons. The van der Waals surface area contributed by atoms with E-state index >= 15 is 0 Å². The SMILES string of the molecule is COc1cc(/C=C2\CCCN([C@@H](C)c3ccc(F)cc3)C2=O)ccc1-n1nnnc1C.O.[Li+].[OH-]. The molecule has 3 N–H and O–H groups in total. The summed E-state index contributed by atoms with van der Waals surface area (Å²) in [6, 6.07) is 11.9. The zero-order chi connectivity index (χ0) is 22.0. The van der Waals surface area contributed by atoms with E-state index in [1.165, 1.54) is 12.1 Å². The van der Waals surface area contributed by atoms with E-state index in [1.807, 2.05) is 43.0 Å². The summed E-state index contributed by atoms with van der Waals surface area (Å²) in [6.07, 6.45) is 3.49. The van der Waals surface area contributed by atoms with Gasteiger partial charge >= 0.3 is 18.9 Å². The molecule has 3 aromatic rings. The Hall–Kier alpha value is -3.03. The van der Waals surface area contributed by atoms with Gasteiger partial charge in [0.25, 0.3) is 0 Å². The first-order chi connectivity index (χ1) is 15.0. The number of hydrogen-bond donors (Lipinski definition) is 0. The van der Waals surface area contributed by atoms with Crippen LogP contribution in [-0.4, -0.2) is 55.6 Å². The van der Waals surface area contributed by atoms with Crippen LogP contribution in [0.5, 0.6) is 5.75 Å². The summed E-state index contributed by atoms with van der Waals surface area (Å²) >= 11 is 0. The molecule has 0 aliphatic carbocycles. The molecule has 1 aliphatic rings. The standard InChI is InChI=1S/C23H24FN5O2.Li.2H2O/c1-15(18-7-9-20(24)10-8-18)28-12-4-5-19(23(28)30)13-17-6-11-21(22(14-17)31-3)29-16(2)25-26-27-29;;;/h6-11,13-15H,4-5,12H2,1-3H3;;2*1H2/q;+1;;/p-1/b19-13+;;;/t15-;;;/m0.../s1. The summed E-state index contributed by atoms with van der Waals surface area (Å²) in [5.74, 6) is 0.986. The maximum absolute atomic E-state index is 13.3. The maximum atomic E-state index is 13.3. The minimum Gasteiger partial charge on any atom is -0.870 e. The number of aromatic nitrogens is 4. The van der Waals surface area contributed by atoms with Crippen molar-refractivity contribution in [2.45, 2.75) is 32.7 Å². The largest absolute Gasteiger partial charge is 1.00 e. The number of ether oxygens (including phenoxy) is 1. The van der Waals surface area contributed by atoms with Crippen LogP contribution < -0.4 is 23.6 Å². The number of aryl methyl sites for hydroxylation is 1. The molecule has 0 unspecified atom stereocenters. The Labute approximate surface area is 209 Å². The molecular weight excluding hydrogens is 436 g/mol. The van der Waals surface area contributed by atoms with Gasteiger partial charge in [0, 0.05) is 12.1 Å². The van der Waals surface area contributed by atoms with E-state index in [4.69, 9.17) is 4.74 Å². The first kappa shape index (κ1) is 29.0. The molecule has 4 rings (SSSR count). The number of carbonyl (C=O) groups is 1. The molecule has 34 heavy (non-hydrogen) atoms. The van der Waals surface area contributed by atoms with Crippen LogP contribution in [0.3, 0.4) is 0 Å². The number of benzene rings is 2. The molecule has 1 fully saturated rings. The fraction of sp³-hybridized carbons (Fsp3) is 0.304. The molecule has 2 aromatic carbocycles. The number of halogens is 1. The molecule has 2 heterocycles. The first-order valence-corrected chi connectivity index (χ1v) is 10.2. The molecule has 1 amide bonds. The van der Waals surface area contributed by atoms with Crippen molar-refractivity contribution in [2.75, 3.05) is 13.7 Å². The van der Waals surface area contributed by atoms with Gasteiger partial charge in [-0.05, 0) is 78.6 Å². The summed E-state index contributed by atoms with van der Waals surface area (Å²) < 4.78 is 20.4. The van der Waals surface area contributed by atoms with Crippen LogP contribution in [0, 0.1) is 12.7 Å². The van der Waals surface area contributed by atoms with Gasteiger partial charge in [0.05, 0.1) is 13.2 Å². The van der Waals surface area contributed by atoms with Gasteiger partial charge in [0.2, 0.25) is 5.91 Å². The number of nitrogens with zero attached hydrogens (tertiary/aromatic N) is 5. The third-order valence-electron chi connectivity index (χ3n) is 5.60. The third-order valence-corrected chi connectivity index (χ3v) is 5.60. The van der Waals surface area contributed by atoms with Crippen molar-refractivity contribution >= 4 is 12.0 Å². The van der Waals surface area contributed by atoms with Gasteiger partial charge in [-0.25, -0.2) is 4.39 Å². The van der Waals surface area contributed by atoms with Crippen LogP contribution in [0.1, 0.15) is 42.8 Å². The topological polar surface area (TPSA) is 135 Å². The number of hydrogen-bond acceptors (Lipinski definition) is 6. The van der Waals surface area contributed by atoms with Gasteiger partial charge in [0.15, 0.2) is 5.82 Å². The van der Waals surface area contributed by atoms with Crippen LogP contribution in [0.25, 0.3) is 11.8 Å². The minimum absolute atomic E-state index is 0. The molecule has 0 spiro atoms. The molecule has 0 radical (unpaired) electrons. The molecule has 0 saturated carbocycles. The van der Waals surface area contributed by atoms with E-state index in [-0.39, 0.29) is 47.6 Å². The summed E-state index contributed by atoms with van der Waals surface area (Å²) in [4.78, 5) is 15.0. The number of likely N-dealkylation sites (tertiary alicyclic amines) is 1. The van der Waals surface area contributed by atoms with E-state index in [0.29, 0.717) is 24.5 Å². The monoisotopic (exact) mass is 463 g/mol. The van der Waals surface area contributed by atoms with Crippen molar-refractivity contribution < 1.29 is 43.7 Å². The quantitative estimate of drug-likeness (QED) is 0.383. The second kappa shape index (κ2) is 12.4. The fourth-order valence-corrected chi connectivity index (χ4v) is 3.87. The van der Waals surface area contributed by atoms with Crippen LogP contribution in [-0.2, 0) is 4.79 Å². The van der Waals surface area contributed by atoms with Crippen molar-refractivity contribution in [3.8, 4) is 11.4 Å². The molecular formula is C23H27FLiN5O4. The Bertz CT molecular complexity index is 1140. The number of carbonyl (C=O) groups excluding carboxylic acids is 1. The van der Waals surface area contributed by atoms with Gasteiger partial charge in [-0.15, -0.1) is 5.10 Å². The van der Waals surface area contributed by atoms with Gasteiger partial charge in [-0.2, -0.15) is 4.68 Å². The Morgan fingerprint density at radius 1 is 1.18 bits per heavy atom. The molecule has 1 saturated heterocycles. The summed E-state index contributed by atoms with van der Waals surface area (Å²) in [5.41, 5.74) is 3.26. The molecule has 11 heteroatoms. The molecule has 1 aliphatic heterocycles. The van der Waals surface area contributed by atoms with Crippen molar-refractivity contribution in [1.29, 1.82) is 0 Å². The van der Waals surface area contributed by atoms with Gasteiger partial charge in [-0.3, -0.25) is 4.79 Å². The van der Waals surface area contributed by atoms with Crippen molar-refractivity contribution in [1.82, 2.24) is 25.1 Å². The van der Waals surface area contributed by atoms with E-state index in [1.54, 1.807) is 23.9 Å². The van der Waals surface area contributed by atoms with E-state index in [2.05, 4.69) is 15.5 Å². The Kier molecular flexibility index (Phi) is 10.6. The molecule has 9 nitrogen and oxygen atoms in total. The van der Waals surface area contributed by atoms with Crippen molar-refractivity contribution in [2.24, 2.45) is 0 Å². The number of piperidine rings is 1. The number of tetrazole rings is 1. The van der Waals surface area contributed by atoms with Crippen molar-refractivity contribution in [3.05, 3.63) is 70.8 Å². The Morgan fingerprint density at radius 2 is 1.88 bits per heavy atom. The van der Waals surface area contributed by atoms with Gasteiger partial charge < -0.3 is 20.6 Å². The van der Waals surface area contributed by atoms with Gasteiger partial charge in [0.1, 0.15) is 17.3 Å². The first-order valence-electron chi connectivity index (χ1n) is 10.2. The van der Waals surface area contributed by atoms with E-state index in [0.717, 1.165) is 28.8 Å². The molecule has 1 atom stereocenters. The summed E-state index contributed by atoms with van der Waals surface area (Å²) in [5, 5.41) is 11.6. The van der Waals surface area contributed by atoms with E-state index < -0.39 is 0 Å². The van der Waals surface area contributed by atoms with Crippen LogP contribution in [0.2, 0.25) is 0 Å². The predicted octanol–water partition coefficient (Wildman–Crippen LogP) is -0.112. The average Bonchev–Trinajstić information content (AvgIpc) is 3.20. The zero-order valence-corrected chi connectivity index (χ0v) is 19.7. The third kappa shape index (κ3) is 5.90. The van der Waals surface area contributed by atoms with Crippen LogP contribution >= 0.6 is 0 Å². The molecule has 1 aromatic heterocycles. The minimum atomic E-state index is -0.282. The smallest absolute Gasteiger partial charge is 0.870 e. The maximum Gasteiger partial charge on any atom is 1.00 e. The second-order valence-corrected chi connectivity index (χ2v) is 7.57. The Balaban J connectivity index is 0.00000193. The zero-order valence-electron chi connectivity index (χ0n) is 19.7. The normalized spacial score (nSPS) is 15.1. The van der Waals surface area contributed by atoms with Crippen LogP contribution in [0.15, 0.2) is 48.0 Å². The summed E-state index contributed by atoms with van der Waals surface area (Å²) in [6.45, 7) is 4.46. The Morgan fingerprint density at radius 3 is 2.50 bits per heavy atom. The second-order valence-electron chi connectivity index (χ2n) is 7.57. The van der Waals surface area contributed by atoms with E-state index in [9.17, 15) is 9.18 Å². The number of amides is 1. The summed E-state index contributed by atoms with van der Waals surface area (Å²) in [7, 11) is 1.59. The average molecular weight is 463 g/mol. The fourth-order valence-electron chi connectivity index (χ4n) is 3.87. The van der Waals surface area contributed by atoms with Crippen LogP contribution in [0.4, 0.5) is 4.39 Å². The molecule has 0 bridgehead atoms. The van der Waals surface area contributed by atoms with Crippen molar-refractivity contribution in [3.63, 3.8) is 0 Å². The number of methoxy groups -OCH3 is 1.